The molecule has 0 aromatic rings. The molecule has 1 aliphatic heterocycles. The van der Waals surface area contributed by atoms with Crippen molar-refractivity contribution < 1.29 is 4.79 Å². The fourth-order valence-corrected chi connectivity index (χ4v) is 1.25. The molecule has 1 heterocycles. The monoisotopic (exact) mass is 156 g/mol. The maximum absolute atomic E-state index is 11.2. The summed E-state index contributed by atoms with van der Waals surface area (Å²) in [6.45, 7) is 3.12. The van der Waals surface area contributed by atoms with Crippen molar-refractivity contribution in [2.75, 3.05) is 13.1 Å². The molecule has 4 nitrogen and oxygen atoms in total. The molecule has 0 bridgehead atoms. The zero-order chi connectivity index (χ0) is 8.27. The Bertz CT molecular complexity index is 164. The van der Waals surface area contributed by atoms with Crippen LogP contribution < -0.4 is 0 Å². The SMILES string of the molecule is CC(N=O)C(=O)N1CCCC1. The summed E-state index contributed by atoms with van der Waals surface area (Å²) in [5.41, 5.74) is 0. The van der Waals surface area contributed by atoms with E-state index in [1.807, 2.05) is 0 Å². The number of amides is 1. The van der Waals surface area contributed by atoms with Gasteiger partial charge in [-0.25, -0.2) is 0 Å². The summed E-state index contributed by atoms with van der Waals surface area (Å²) in [7, 11) is 0. The van der Waals surface area contributed by atoms with Crippen LogP contribution in [0, 0.1) is 4.91 Å². The molecular formula is C7H12N2O2. The van der Waals surface area contributed by atoms with Crippen molar-refractivity contribution in [2.45, 2.75) is 25.8 Å². The van der Waals surface area contributed by atoms with E-state index in [4.69, 9.17) is 0 Å². The lowest BCUT2D eigenvalue weighted by atomic mass is 10.3. The third kappa shape index (κ3) is 1.76. The molecule has 4 heteroatoms. The number of hydrogen-bond acceptors (Lipinski definition) is 3. The van der Waals surface area contributed by atoms with Crippen LogP contribution in [0.4, 0.5) is 0 Å². The van der Waals surface area contributed by atoms with Crippen molar-refractivity contribution in [3.05, 3.63) is 4.91 Å². The summed E-state index contributed by atoms with van der Waals surface area (Å²) in [5, 5.41) is 2.69. The van der Waals surface area contributed by atoms with Gasteiger partial charge in [-0.1, -0.05) is 5.18 Å². The average Bonchev–Trinajstić information content (AvgIpc) is 2.53. The Balaban J connectivity index is 2.45. The van der Waals surface area contributed by atoms with Crippen molar-refractivity contribution >= 4 is 5.91 Å². The van der Waals surface area contributed by atoms with Gasteiger partial charge in [-0.05, 0) is 19.8 Å². The van der Waals surface area contributed by atoms with Gasteiger partial charge in [-0.15, -0.1) is 4.91 Å². The van der Waals surface area contributed by atoms with E-state index in [1.165, 1.54) is 6.92 Å². The van der Waals surface area contributed by atoms with Crippen molar-refractivity contribution in [2.24, 2.45) is 5.18 Å². The minimum atomic E-state index is -0.701. The van der Waals surface area contributed by atoms with Crippen LogP contribution in [0.1, 0.15) is 19.8 Å². The van der Waals surface area contributed by atoms with Gasteiger partial charge in [0.25, 0.3) is 5.91 Å². The summed E-state index contributed by atoms with van der Waals surface area (Å²) in [6, 6.07) is -0.701. The summed E-state index contributed by atoms with van der Waals surface area (Å²) in [5.74, 6) is -0.127. The Morgan fingerprint density at radius 1 is 1.45 bits per heavy atom. The van der Waals surface area contributed by atoms with Crippen molar-refractivity contribution in [1.82, 2.24) is 4.90 Å². The molecule has 0 N–H and O–H groups in total. The highest BCUT2D eigenvalue weighted by Gasteiger charge is 2.23. The number of nitrogens with zero attached hydrogens (tertiary/aromatic N) is 2. The lowest BCUT2D eigenvalue weighted by Gasteiger charge is -2.15. The minimum Gasteiger partial charge on any atom is -0.341 e. The highest BCUT2D eigenvalue weighted by atomic mass is 16.3. The molecule has 0 spiro atoms. The minimum absolute atomic E-state index is 0.127. The topological polar surface area (TPSA) is 49.7 Å². The third-order valence-electron chi connectivity index (χ3n) is 1.93. The Morgan fingerprint density at radius 3 is 2.45 bits per heavy atom. The van der Waals surface area contributed by atoms with Gasteiger partial charge in [0.05, 0.1) is 0 Å². The van der Waals surface area contributed by atoms with Crippen LogP contribution in [0.5, 0.6) is 0 Å². The quantitative estimate of drug-likeness (QED) is 0.554. The van der Waals surface area contributed by atoms with E-state index >= 15 is 0 Å². The first-order chi connectivity index (χ1) is 5.25. The molecule has 1 atom stereocenters. The smallest absolute Gasteiger partial charge is 0.250 e. The fraction of sp³-hybridized carbons (Fsp3) is 0.857. The van der Waals surface area contributed by atoms with E-state index in [2.05, 4.69) is 5.18 Å². The van der Waals surface area contributed by atoms with E-state index in [0.29, 0.717) is 0 Å². The van der Waals surface area contributed by atoms with E-state index < -0.39 is 6.04 Å². The number of rotatable bonds is 2. The lowest BCUT2D eigenvalue weighted by molar-refractivity contribution is -0.131. The van der Waals surface area contributed by atoms with Gasteiger partial charge in [0.2, 0.25) is 0 Å². The van der Waals surface area contributed by atoms with Crippen LogP contribution in [0.15, 0.2) is 5.18 Å². The van der Waals surface area contributed by atoms with Crippen LogP contribution in [-0.2, 0) is 4.79 Å². The Morgan fingerprint density at radius 2 is 2.00 bits per heavy atom. The third-order valence-corrected chi connectivity index (χ3v) is 1.93. The molecule has 62 valence electrons. The first-order valence-electron chi connectivity index (χ1n) is 3.87. The second kappa shape index (κ2) is 3.46. The highest BCUT2D eigenvalue weighted by Crippen LogP contribution is 2.09. The first-order valence-corrected chi connectivity index (χ1v) is 3.87. The highest BCUT2D eigenvalue weighted by molar-refractivity contribution is 5.81. The van der Waals surface area contributed by atoms with Gasteiger partial charge in [-0.3, -0.25) is 4.79 Å². The normalized spacial score (nSPS) is 19.9. The molecule has 0 aromatic carbocycles. The predicted molar refractivity (Wildman–Crippen MR) is 41.1 cm³/mol. The van der Waals surface area contributed by atoms with Crippen molar-refractivity contribution in [1.29, 1.82) is 0 Å². The van der Waals surface area contributed by atoms with Crippen LogP contribution >= 0.6 is 0 Å². The molecule has 0 radical (unpaired) electrons. The molecule has 0 aliphatic carbocycles. The number of nitroso groups, excluding NO2 is 1. The van der Waals surface area contributed by atoms with Gasteiger partial charge in [-0.2, -0.15) is 0 Å². The molecule has 1 unspecified atom stereocenters. The van der Waals surface area contributed by atoms with Gasteiger partial charge in [0.15, 0.2) is 6.04 Å². The molecule has 1 rings (SSSR count). The number of hydrogen-bond donors (Lipinski definition) is 0. The van der Waals surface area contributed by atoms with Crippen LogP contribution in [-0.4, -0.2) is 29.9 Å². The standard InChI is InChI=1S/C7H12N2O2/c1-6(8-11)7(10)9-4-2-3-5-9/h6H,2-5H2,1H3. The summed E-state index contributed by atoms with van der Waals surface area (Å²) in [4.78, 5) is 22.9. The molecule has 0 aromatic heterocycles. The van der Waals surface area contributed by atoms with E-state index in [1.54, 1.807) is 4.90 Å². The van der Waals surface area contributed by atoms with Gasteiger partial charge in [0.1, 0.15) is 0 Å². The molecule has 1 saturated heterocycles. The molecule has 1 aliphatic rings. The number of carbonyl (C=O) groups is 1. The summed E-state index contributed by atoms with van der Waals surface area (Å²) in [6.07, 6.45) is 2.11. The van der Waals surface area contributed by atoms with E-state index in [-0.39, 0.29) is 5.91 Å². The fourth-order valence-electron chi connectivity index (χ4n) is 1.25. The second-order valence-corrected chi connectivity index (χ2v) is 2.81. The average molecular weight is 156 g/mol. The van der Waals surface area contributed by atoms with Crippen LogP contribution in [0.3, 0.4) is 0 Å². The van der Waals surface area contributed by atoms with E-state index in [0.717, 1.165) is 25.9 Å². The van der Waals surface area contributed by atoms with Crippen LogP contribution in [0.2, 0.25) is 0 Å². The van der Waals surface area contributed by atoms with E-state index in [9.17, 15) is 9.70 Å². The lowest BCUT2D eigenvalue weighted by Crippen LogP contribution is -2.34. The Kier molecular flexibility index (Phi) is 2.57. The second-order valence-electron chi connectivity index (χ2n) is 2.81. The Hall–Kier alpha value is -0.930. The maximum atomic E-state index is 11.2. The Labute approximate surface area is 65.5 Å². The van der Waals surface area contributed by atoms with Crippen molar-refractivity contribution in [3.8, 4) is 0 Å². The summed E-state index contributed by atoms with van der Waals surface area (Å²) < 4.78 is 0. The first kappa shape index (κ1) is 8.17. The molecular weight excluding hydrogens is 144 g/mol. The number of likely N-dealkylation sites (tertiary alicyclic amines) is 1. The molecule has 1 fully saturated rings. The predicted octanol–water partition coefficient (Wildman–Crippen LogP) is 0.764. The molecule has 11 heavy (non-hydrogen) atoms. The van der Waals surface area contributed by atoms with Crippen LogP contribution in [0.25, 0.3) is 0 Å². The summed E-state index contributed by atoms with van der Waals surface area (Å²) >= 11 is 0. The maximum Gasteiger partial charge on any atom is 0.250 e. The van der Waals surface area contributed by atoms with Gasteiger partial charge >= 0.3 is 0 Å². The largest absolute Gasteiger partial charge is 0.341 e. The number of carbonyl (C=O) groups excluding carboxylic acids is 1. The van der Waals surface area contributed by atoms with Gasteiger partial charge < -0.3 is 4.90 Å². The zero-order valence-electron chi connectivity index (χ0n) is 6.62. The van der Waals surface area contributed by atoms with Gasteiger partial charge in [0, 0.05) is 13.1 Å². The zero-order valence-corrected chi connectivity index (χ0v) is 6.62. The molecule has 1 amide bonds. The molecule has 0 saturated carbocycles. The van der Waals surface area contributed by atoms with Crippen molar-refractivity contribution in [3.63, 3.8) is 0 Å².